The van der Waals surface area contributed by atoms with E-state index in [1.807, 2.05) is 0 Å². The summed E-state index contributed by atoms with van der Waals surface area (Å²) in [4.78, 5) is 26.0. The van der Waals surface area contributed by atoms with Crippen molar-refractivity contribution in [3.63, 3.8) is 0 Å². The summed E-state index contributed by atoms with van der Waals surface area (Å²) < 4.78 is 38.1. The van der Waals surface area contributed by atoms with E-state index in [0.717, 1.165) is 12.1 Å². The van der Waals surface area contributed by atoms with E-state index < -0.39 is 17.7 Å². The SMILES string of the molecule is O=C(NCC#Cc1cccc(C(F)(F)F)c1)C1CC(=O)N(c2ccc(Cl)cc2)C1. The van der Waals surface area contributed by atoms with Crippen LogP contribution in [0.4, 0.5) is 18.9 Å². The zero-order chi connectivity index (χ0) is 21.0. The Kier molecular flexibility index (Phi) is 6.14. The number of carbonyl (C=O) groups excluding carboxylic acids is 2. The molecule has 1 aliphatic rings. The predicted octanol–water partition coefficient (Wildman–Crippen LogP) is 3.88. The minimum atomic E-state index is -4.43. The van der Waals surface area contributed by atoms with Gasteiger partial charge in [-0.1, -0.05) is 29.5 Å². The summed E-state index contributed by atoms with van der Waals surface area (Å²) in [6.07, 6.45) is -4.35. The van der Waals surface area contributed by atoms with Crippen molar-refractivity contribution in [2.45, 2.75) is 12.6 Å². The maximum absolute atomic E-state index is 12.7. The molecule has 1 heterocycles. The Morgan fingerprint density at radius 2 is 1.93 bits per heavy atom. The van der Waals surface area contributed by atoms with Crippen molar-refractivity contribution in [2.24, 2.45) is 5.92 Å². The molecule has 0 saturated carbocycles. The third-order valence-electron chi connectivity index (χ3n) is 4.41. The van der Waals surface area contributed by atoms with E-state index in [9.17, 15) is 22.8 Å². The number of alkyl halides is 3. The van der Waals surface area contributed by atoms with Crippen LogP contribution in [0, 0.1) is 17.8 Å². The summed E-state index contributed by atoms with van der Waals surface area (Å²) in [6, 6.07) is 11.4. The number of amides is 2. The van der Waals surface area contributed by atoms with Crippen molar-refractivity contribution in [2.75, 3.05) is 18.0 Å². The molecule has 0 aliphatic carbocycles. The molecule has 150 valence electrons. The molecule has 8 heteroatoms. The first-order valence-corrected chi connectivity index (χ1v) is 9.11. The molecule has 1 unspecified atom stereocenters. The molecule has 0 radical (unpaired) electrons. The number of carbonyl (C=O) groups is 2. The van der Waals surface area contributed by atoms with Crippen molar-refractivity contribution in [1.82, 2.24) is 5.32 Å². The van der Waals surface area contributed by atoms with Crippen LogP contribution < -0.4 is 10.2 Å². The zero-order valence-corrected chi connectivity index (χ0v) is 15.8. The number of hydrogen-bond acceptors (Lipinski definition) is 2. The number of halogens is 4. The third kappa shape index (κ3) is 5.30. The van der Waals surface area contributed by atoms with Crippen molar-refractivity contribution in [1.29, 1.82) is 0 Å². The van der Waals surface area contributed by atoms with Gasteiger partial charge in [0.2, 0.25) is 11.8 Å². The van der Waals surface area contributed by atoms with Crippen LogP contribution >= 0.6 is 11.6 Å². The van der Waals surface area contributed by atoms with Gasteiger partial charge in [-0.25, -0.2) is 0 Å². The minimum Gasteiger partial charge on any atom is -0.345 e. The lowest BCUT2D eigenvalue weighted by atomic mass is 10.1. The highest BCUT2D eigenvalue weighted by molar-refractivity contribution is 6.30. The van der Waals surface area contributed by atoms with Crippen LogP contribution in [0.2, 0.25) is 5.02 Å². The van der Waals surface area contributed by atoms with E-state index in [0.29, 0.717) is 10.7 Å². The Balaban J connectivity index is 1.55. The predicted molar refractivity (Wildman–Crippen MR) is 103 cm³/mol. The lowest BCUT2D eigenvalue weighted by Gasteiger charge is -2.16. The van der Waals surface area contributed by atoms with E-state index in [1.165, 1.54) is 17.0 Å². The number of nitrogens with zero attached hydrogens (tertiary/aromatic N) is 1. The van der Waals surface area contributed by atoms with Gasteiger partial charge in [0, 0.05) is 29.2 Å². The van der Waals surface area contributed by atoms with Crippen molar-refractivity contribution >= 4 is 29.1 Å². The number of nitrogens with one attached hydrogen (secondary N) is 1. The van der Waals surface area contributed by atoms with Crippen LogP contribution in [0.3, 0.4) is 0 Å². The highest BCUT2D eigenvalue weighted by atomic mass is 35.5. The van der Waals surface area contributed by atoms with E-state index in [4.69, 9.17) is 11.6 Å². The second-order valence-electron chi connectivity index (χ2n) is 6.48. The summed E-state index contributed by atoms with van der Waals surface area (Å²) in [7, 11) is 0. The Morgan fingerprint density at radius 1 is 1.21 bits per heavy atom. The molecular weight excluding hydrogens is 405 g/mol. The summed E-state index contributed by atoms with van der Waals surface area (Å²) >= 11 is 5.84. The number of hydrogen-bond donors (Lipinski definition) is 1. The molecule has 3 rings (SSSR count). The molecule has 1 N–H and O–H groups in total. The Hall–Kier alpha value is -2.98. The standard InChI is InChI=1S/C21H16ClF3N2O2/c22-17-6-8-18(9-7-17)27-13-15(12-19(27)28)20(29)26-10-2-4-14-3-1-5-16(11-14)21(23,24)25/h1,3,5-9,11,15H,10,12-13H2,(H,26,29). The van der Waals surface area contributed by atoms with E-state index in [1.54, 1.807) is 24.3 Å². The Labute approximate surface area is 170 Å². The molecule has 1 saturated heterocycles. The fourth-order valence-electron chi connectivity index (χ4n) is 2.95. The van der Waals surface area contributed by atoms with Gasteiger partial charge in [0.1, 0.15) is 0 Å². The highest BCUT2D eigenvalue weighted by Gasteiger charge is 2.35. The van der Waals surface area contributed by atoms with Gasteiger partial charge < -0.3 is 10.2 Å². The topological polar surface area (TPSA) is 49.4 Å². The number of anilines is 1. The molecule has 1 fully saturated rings. The van der Waals surface area contributed by atoms with Gasteiger partial charge in [0.25, 0.3) is 0 Å². The second kappa shape index (κ2) is 8.58. The first-order valence-electron chi connectivity index (χ1n) is 8.74. The molecule has 4 nitrogen and oxygen atoms in total. The number of benzene rings is 2. The van der Waals surface area contributed by atoms with Crippen LogP contribution in [0.5, 0.6) is 0 Å². The molecule has 29 heavy (non-hydrogen) atoms. The van der Waals surface area contributed by atoms with Gasteiger partial charge in [-0.05, 0) is 42.5 Å². The summed E-state index contributed by atoms with van der Waals surface area (Å²) in [6.45, 7) is 0.216. The Bertz CT molecular complexity index is 978. The summed E-state index contributed by atoms with van der Waals surface area (Å²) in [5, 5.41) is 3.16. The van der Waals surface area contributed by atoms with Gasteiger partial charge in [0.15, 0.2) is 0 Å². The second-order valence-corrected chi connectivity index (χ2v) is 6.92. The average molecular weight is 421 g/mol. The summed E-state index contributed by atoms with van der Waals surface area (Å²) in [5.41, 5.74) is 0.0955. The highest BCUT2D eigenvalue weighted by Crippen LogP contribution is 2.29. The maximum Gasteiger partial charge on any atom is 0.416 e. The normalized spacial score (nSPS) is 16.3. The Morgan fingerprint density at radius 3 is 2.62 bits per heavy atom. The lowest BCUT2D eigenvalue weighted by molar-refractivity contribution is -0.137. The van der Waals surface area contributed by atoms with Crippen molar-refractivity contribution < 1.29 is 22.8 Å². The summed E-state index contributed by atoms with van der Waals surface area (Å²) in [5.74, 6) is 4.22. The van der Waals surface area contributed by atoms with Crippen molar-refractivity contribution in [3.05, 3.63) is 64.7 Å². The fraction of sp³-hybridized carbons (Fsp3) is 0.238. The molecule has 2 aromatic carbocycles. The third-order valence-corrected chi connectivity index (χ3v) is 4.66. The van der Waals surface area contributed by atoms with Crippen LogP contribution in [0.15, 0.2) is 48.5 Å². The van der Waals surface area contributed by atoms with E-state index in [-0.39, 0.29) is 36.9 Å². The van der Waals surface area contributed by atoms with Crippen molar-refractivity contribution in [3.8, 4) is 11.8 Å². The van der Waals surface area contributed by atoms with Gasteiger partial charge in [-0.2, -0.15) is 13.2 Å². The fourth-order valence-corrected chi connectivity index (χ4v) is 3.07. The molecule has 1 atom stereocenters. The number of rotatable bonds is 3. The molecule has 2 aromatic rings. The first kappa shape index (κ1) is 20.7. The van der Waals surface area contributed by atoms with E-state index in [2.05, 4.69) is 17.2 Å². The van der Waals surface area contributed by atoms with Gasteiger partial charge in [-0.15, -0.1) is 0 Å². The largest absolute Gasteiger partial charge is 0.416 e. The smallest absolute Gasteiger partial charge is 0.345 e. The van der Waals surface area contributed by atoms with Crippen LogP contribution in [0.1, 0.15) is 17.5 Å². The monoisotopic (exact) mass is 420 g/mol. The quantitative estimate of drug-likeness (QED) is 0.766. The molecule has 1 aliphatic heterocycles. The lowest BCUT2D eigenvalue weighted by Crippen LogP contribution is -2.33. The molecule has 0 bridgehead atoms. The van der Waals surface area contributed by atoms with Gasteiger partial charge >= 0.3 is 6.18 Å². The zero-order valence-electron chi connectivity index (χ0n) is 15.1. The van der Waals surface area contributed by atoms with Gasteiger partial charge in [0.05, 0.1) is 18.0 Å². The minimum absolute atomic E-state index is 0.0271. The van der Waals surface area contributed by atoms with Crippen LogP contribution in [-0.2, 0) is 15.8 Å². The molecule has 2 amide bonds. The average Bonchev–Trinajstić information content (AvgIpc) is 3.07. The van der Waals surface area contributed by atoms with Crippen LogP contribution in [0.25, 0.3) is 0 Å². The van der Waals surface area contributed by atoms with E-state index >= 15 is 0 Å². The molecule has 0 aromatic heterocycles. The first-order chi connectivity index (χ1) is 13.7. The van der Waals surface area contributed by atoms with Crippen LogP contribution in [-0.4, -0.2) is 24.9 Å². The molecular formula is C21H16ClF3N2O2. The van der Waals surface area contributed by atoms with Gasteiger partial charge in [-0.3, -0.25) is 9.59 Å². The maximum atomic E-state index is 12.7. The molecule has 0 spiro atoms.